The molecule has 0 radical (unpaired) electrons. The molecule has 0 N–H and O–H groups in total. The van der Waals surface area contributed by atoms with Gasteiger partial charge >= 0.3 is 0 Å². The monoisotopic (exact) mass is 226 g/mol. The summed E-state index contributed by atoms with van der Waals surface area (Å²) < 4.78 is 10.8. The van der Waals surface area contributed by atoms with Crippen molar-refractivity contribution in [2.75, 3.05) is 14.2 Å². The van der Waals surface area contributed by atoms with Gasteiger partial charge in [-0.25, -0.2) is 0 Å². The molecule has 2 heteroatoms. The quantitative estimate of drug-likeness (QED) is 0.781. The van der Waals surface area contributed by atoms with E-state index < -0.39 is 0 Å². The summed E-state index contributed by atoms with van der Waals surface area (Å²) in [5, 5.41) is 2.49. The maximum Gasteiger partial charge on any atom is 0.123 e. The lowest BCUT2D eigenvalue weighted by Crippen LogP contribution is -2.00. The van der Waals surface area contributed by atoms with Crippen molar-refractivity contribution in [3.8, 4) is 5.75 Å². The highest BCUT2D eigenvalue weighted by atomic mass is 16.5. The first-order valence-corrected chi connectivity index (χ1v) is 5.67. The molecule has 0 heterocycles. The molecule has 0 unspecified atom stereocenters. The first-order chi connectivity index (χ1) is 8.33. The molecule has 0 fully saturated rings. The molecule has 2 nitrogen and oxygen atoms in total. The minimum Gasteiger partial charge on any atom is -0.497 e. The molecule has 17 heavy (non-hydrogen) atoms. The van der Waals surface area contributed by atoms with E-state index in [9.17, 15) is 0 Å². The van der Waals surface area contributed by atoms with Gasteiger partial charge in [-0.1, -0.05) is 18.2 Å². The predicted molar refractivity (Wildman–Crippen MR) is 69.2 cm³/mol. The third kappa shape index (κ3) is 1.48. The van der Waals surface area contributed by atoms with Crippen LogP contribution >= 0.6 is 0 Å². The Kier molecular flexibility index (Phi) is 2.29. The summed E-state index contributed by atoms with van der Waals surface area (Å²) in [5.41, 5.74) is 2.48. The van der Waals surface area contributed by atoms with Crippen molar-refractivity contribution in [1.82, 2.24) is 0 Å². The molecule has 1 aliphatic carbocycles. The van der Waals surface area contributed by atoms with Crippen LogP contribution < -0.4 is 4.74 Å². The van der Waals surface area contributed by atoms with E-state index >= 15 is 0 Å². The van der Waals surface area contributed by atoms with Gasteiger partial charge in [-0.05, 0) is 41.0 Å². The molecule has 2 aromatic rings. The standard InChI is InChI=1S/C15H14O2/c1-16-12-8-11-5-3-4-10-6-7-14(17-2)13(9-12)15(10)11/h3-5,7-9H,6H2,1-2H3. The molecular formula is C15H14O2. The molecule has 1 aliphatic rings. The van der Waals surface area contributed by atoms with Crippen LogP contribution in [0.15, 0.2) is 36.4 Å². The van der Waals surface area contributed by atoms with Gasteiger partial charge in [-0.3, -0.25) is 0 Å². The minimum absolute atomic E-state index is 0.870. The van der Waals surface area contributed by atoms with Gasteiger partial charge in [0.15, 0.2) is 0 Å². The summed E-state index contributed by atoms with van der Waals surface area (Å²) in [6.45, 7) is 0. The van der Waals surface area contributed by atoms with Crippen LogP contribution in [0.2, 0.25) is 0 Å². The normalized spacial score (nSPS) is 13.4. The average molecular weight is 226 g/mol. The summed E-state index contributed by atoms with van der Waals surface area (Å²) >= 11 is 0. The number of methoxy groups -OCH3 is 2. The van der Waals surface area contributed by atoms with Crippen LogP contribution in [0.4, 0.5) is 0 Å². The smallest absolute Gasteiger partial charge is 0.123 e. The van der Waals surface area contributed by atoms with E-state index in [1.54, 1.807) is 14.2 Å². The fourth-order valence-corrected chi connectivity index (χ4v) is 2.47. The molecule has 2 aromatic carbocycles. The second-order valence-electron chi connectivity index (χ2n) is 4.17. The van der Waals surface area contributed by atoms with Gasteiger partial charge in [0.05, 0.1) is 14.2 Å². The van der Waals surface area contributed by atoms with E-state index in [0.29, 0.717) is 0 Å². The lowest BCUT2D eigenvalue weighted by molar-refractivity contribution is 0.368. The van der Waals surface area contributed by atoms with Crippen LogP contribution in [-0.2, 0) is 11.2 Å². The topological polar surface area (TPSA) is 18.5 Å². The summed E-state index contributed by atoms with van der Waals surface area (Å²) in [5.74, 6) is 1.81. The van der Waals surface area contributed by atoms with Gasteiger partial charge in [-0.15, -0.1) is 0 Å². The number of benzene rings is 2. The van der Waals surface area contributed by atoms with Gasteiger partial charge in [0.25, 0.3) is 0 Å². The third-order valence-electron chi connectivity index (χ3n) is 3.27. The van der Waals surface area contributed by atoms with Crippen molar-refractivity contribution in [1.29, 1.82) is 0 Å². The van der Waals surface area contributed by atoms with Crippen molar-refractivity contribution in [3.63, 3.8) is 0 Å². The fraction of sp³-hybridized carbons (Fsp3) is 0.200. The van der Waals surface area contributed by atoms with Crippen molar-refractivity contribution in [2.45, 2.75) is 6.42 Å². The SMILES string of the molecule is COC1=CCc2cccc3cc(OC)cc1c23. The lowest BCUT2D eigenvalue weighted by Gasteiger charge is -2.18. The first kappa shape index (κ1) is 10.2. The molecular weight excluding hydrogens is 212 g/mol. The molecule has 0 atom stereocenters. The predicted octanol–water partition coefficient (Wildman–Crippen LogP) is 3.39. The van der Waals surface area contributed by atoms with E-state index in [4.69, 9.17) is 9.47 Å². The maximum atomic E-state index is 5.44. The Balaban J connectivity index is 2.38. The van der Waals surface area contributed by atoms with Gasteiger partial charge in [-0.2, -0.15) is 0 Å². The van der Waals surface area contributed by atoms with E-state index in [2.05, 4.69) is 30.3 Å². The highest BCUT2D eigenvalue weighted by molar-refractivity contribution is 5.98. The molecule has 3 rings (SSSR count). The van der Waals surface area contributed by atoms with Crippen LogP contribution in [0.25, 0.3) is 16.5 Å². The van der Waals surface area contributed by atoms with E-state index in [-0.39, 0.29) is 0 Å². The second-order valence-corrected chi connectivity index (χ2v) is 4.17. The van der Waals surface area contributed by atoms with Gasteiger partial charge < -0.3 is 9.47 Å². The zero-order chi connectivity index (χ0) is 11.8. The fourth-order valence-electron chi connectivity index (χ4n) is 2.47. The lowest BCUT2D eigenvalue weighted by atomic mass is 9.92. The Morgan fingerprint density at radius 2 is 1.94 bits per heavy atom. The summed E-state index contributed by atoms with van der Waals surface area (Å²) in [4.78, 5) is 0. The molecule has 0 spiro atoms. The molecule has 0 aromatic heterocycles. The third-order valence-corrected chi connectivity index (χ3v) is 3.27. The van der Waals surface area contributed by atoms with Gasteiger partial charge in [0.2, 0.25) is 0 Å². The molecule has 0 saturated heterocycles. The van der Waals surface area contributed by atoms with Crippen molar-refractivity contribution in [3.05, 3.63) is 47.5 Å². The Hall–Kier alpha value is -1.96. The Bertz CT molecular complexity index is 612. The van der Waals surface area contributed by atoms with E-state index in [0.717, 1.165) is 23.5 Å². The minimum atomic E-state index is 0.870. The van der Waals surface area contributed by atoms with Gasteiger partial charge in [0, 0.05) is 5.56 Å². The van der Waals surface area contributed by atoms with Crippen LogP contribution in [-0.4, -0.2) is 14.2 Å². The summed E-state index contributed by atoms with van der Waals surface area (Å²) in [6.07, 6.45) is 3.05. The molecule has 0 aliphatic heterocycles. The van der Waals surface area contributed by atoms with Crippen LogP contribution in [0, 0.1) is 0 Å². The van der Waals surface area contributed by atoms with Crippen LogP contribution in [0.3, 0.4) is 0 Å². The summed E-state index contributed by atoms with van der Waals surface area (Å²) in [7, 11) is 3.40. The number of ether oxygens (including phenoxy) is 2. The number of rotatable bonds is 2. The molecule has 86 valence electrons. The summed E-state index contributed by atoms with van der Waals surface area (Å²) in [6, 6.07) is 10.5. The number of allylic oxidation sites excluding steroid dienone is 1. The largest absolute Gasteiger partial charge is 0.497 e. The van der Waals surface area contributed by atoms with Crippen LogP contribution in [0.1, 0.15) is 11.1 Å². The molecule has 0 bridgehead atoms. The van der Waals surface area contributed by atoms with Crippen LogP contribution in [0.5, 0.6) is 5.75 Å². The molecule has 0 amide bonds. The zero-order valence-electron chi connectivity index (χ0n) is 9.99. The van der Waals surface area contributed by atoms with Crippen molar-refractivity contribution >= 4 is 16.5 Å². The Morgan fingerprint density at radius 3 is 2.71 bits per heavy atom. The zero-order valence-corrected chi connectivity index (χ0v) is 9.99. The second kappa shape index (κ2) is 3.81. The Labute approximate surface area is 100 Å². The van der Waals surface area contributed by atoms with E-state index in [1.165, 1.54) is 16.3 Å². The van der Waals surface area contributed by atoms with E-state index in [1.807, 2.05) is 6.07 Å². The highest BCUT2D eigenvalue weighted by Crippen LogP contribution is 2.36. The maximum absolute atomic E-state index is 5.44. The van der Waals surface area contributed by atoms with Crippen molar-refractivity contribution in [2.24, 2.45) is 0 Å². The molecule has 0 saturated carbocycles. The number of hydrogen-bond acceptors (Lipinski definition) is 2. The Morgan fingerprint density at radius 1 is 1.06 bits per heavy atom. The van der Waals surface area contributed by atoms with Crippen molar-refractivity contribution < 1.29 is 9.47 Å². The highest BCUT2D eigenvalue weighted by Gasteiger charge is 2.16. The average Bonchev–Trinajstić information content (AvgIpc) is 2.39. The number of hydrogen-bond donors (Lipinski definition) is 0. The van der Waals surface area contributed by atoms with Gasteiger partial charge in [0.1, 0.15) is 11.5 Å². The first-order valence-electron chi connectivity index (χ1n) is 5.67.